The van der Waals surface area contributed by atoms with Crippen LogP contribution < -0.4 is 9.80 Å². The van der Waals surface area contributed by atoms with Gasteiger partial charge in [-0.15, -0.1) is 0 Å². The molecule has 0 radical (unpaired) electrons. The van der Waals surface area contributed by atoms with Gasteiger partial charge in [0.25, 0.3) is 0 Å². The third-order valence-corrected chi connectivity index (χ3v) is 16.1. The van der Waals surface area contributed by atoms with Gasteiger partial charge in [-0.1, -0.05) is 36.0 Å². The minimum Gasteiger partial charge on any atom is -0.481 e. The number of carboxylic acid groups (broad SMARTS) is 2. The van der Waals surface area contributed by atoms with Crippen LogP contribution in [0.1, 0.15) is 86.8 Å². The van der Waals surface area contributed by atoms with Crippen molar-refractivity contribution in [2.75, 3.05) is 115 Å². The molecule has 0 atom stereocenters. The van der Waals surface area contributed by atoms with Crippen LogP contribution in [0.5, 0.6) is 0 Å². The molecule has 2 fully saturated rings. The zero-order valence-electron chi connectivity index (χ0n) is 49.3. The molecular formula is C62H70F12N4O10S. The molecule has 2 aliphatic heterocycles. The minimum atomic E-state index is -6.15. The van der Waals surface area contributed by atoms with Gasteiger partial charge < -0.3 is 48.8 Å². The van der Waals surface area contributed by atoms with Crippen LogP contribution in [0.25, 0.3) is 34.4 Å². The van der Waals surface area contributed by atoms with Crippen LogP contribution in [-0.4, -0.2) is 149 Å². The van der Waals surface area contributed by atoms with Gasteiger partial charge in [0.05, 0.1) is 60.5 Å². The number of amides is 2. The molecule has 89 heavy (non-hydrogen) atoms. The Morgan fingerprint density at radius 1 is 0.494 bits per heavy atom. The molecule has 14 nitrogen and oxygen atoms in total. The van der Waals surface area contributed by atoms with Crippen molar-refractivity contribution in [1.82, 2.24) is 9.80 Å². The number of ether oxygens (including phenoxy) is 4. The van der Waals surface area contributed by atoms with E-state index in [2.05, 4.69) is 0 Å². The van der Waals surface area contributed by atoms with Crippen molar-refractivity contribution in [2.45, 2.75) is 87.9 Å². The Morgan fingerprint density at radius 3 is 1.07 bits per heavy atom. The number of piperidine rings is 2. The topological polar surface area (TPSA) is 159 Å². The Morgan fingerprint density at radius 2 is 0.798 bits per heavy atom. The lowest BCUT2D eigenvalue weighted by Crippen LogP contribution is -2.36. The highest BCUT2D eigenvalue weighted by Crippen LogP contribution is 2.55. The van der Waals surface area contributed by atoms with E-state index in [0.717, 1.165) is 9.80 Å². The van der Waals surface area contributed by atoms with Crippen molar-refractivity contribution >= 4 is 59.0 Å². The summed E-state index contributed by atoms with van der Waals surface area (Å²) >= 11 is -0.662. The molecule has 0 saturated carbocycles. The molecule has 4 aromatic rings. The number of aliphatic carboxylic acids is 2. The summed E-state index contributed by atoms with van der Waals surface area (Å²) in [6, 6.07) is 11.4. The molecule has 2 aliphatic rings. The number of carbonyl (C=O) groups is 4. The van der Waals surface area contributed by atoms with E-state index < -0.39 is 126 Å². The fourth-order valence-corrected chi connectivity index (χ4v) is 11.8. The number of benzene rings is 4. The largest absolute Gasteiger partial charge is 0.481 e. The number of hydrogen-bond acceptors (Lipinski definition) is 11. The molecule has 0 bridgehead atoms. The first-order chi connectivity index (χ1) is 42.0. The van der Waals surface area contributed by atoms with Gasteiger partial charge in [-0.25, -0.2) is 0 Å². The highest BCUT2D eigenvalue weighted by Gasteiger charge is 2.50. The summed E-state index contributed by atoms with van der Waals surface area (Å²) in [4.78, 5) is 53.8. The molecule has 0 unspecified atom stereocenters. The second-order valence-electron chi connectivity index (χ2n) is 20.7. The van der Waals surface area contributed by atoms with Crippen LogP contribution in [0, 0.1) is 11.8 Å². The maximum Gasteiger partial charge on any atom is 0.418 e. The average molecular weight is 1290 g/mol. The number of carbonyl (C=O) groups excluding carboxylic acids is 2. The van der Waals surface area contributed by atoms with Crippen LogP contribution >= 0.6 is 11.8 Å². The second kappa shape index (κ2) is 31.8. The molecule has 4 aromatic carbocycles. The lowest BCUT2D eigenvalue weighted by atomic mass is 9.89. The predicted octanol–water partition coefficient (Wildman–Crippen LogP) is 13.7. The first-order valence-electron chi connectivity index (χ1n) is 28.8. The first-order valence-corrected chi connectivity index (χ1v) is 29.6. The summed E-state index contributed by atoms with van der Waals surface area (Å²) in [5, 5.41) is 19.3. The van der Waals surface area contributed by atoms with E-state index in [1.807, 2.05) is 0 Å². The fraction of sp³-hybridized carbons (Fsp3) is 0.484. The summed E-state index contributed by atoms with van der Waals surface area (Å²) in [7, 11) is 0. The van der Waals surface area contributed by atoms with Gasteiger partial charge in [0, 0.05) is 112 Å². The summed E-state index contributed by atoms with van der Waals surface area (Å²) in [6.45, 7) is 6.86. The van der Waals surface area contributed by atoms with E-state index in [0.29, 0.717) is 36.4 Å². The predicted molar refractivity (Wildman–Crippen MR) is 310 cm³/mol. The van der Waals surface area contributed by atoms with Gasteiger partial charge in [0.2, 0.25) is 11.8 Å². The standard InChI is InChI=1S/C62H70F12N4O10S/c1-5-85-31-27-77(28-32-86-6-2)51(79)17-15-45-47(41-11-9-13-43(35-41)75-23-19-39(20-24-75)57(81)82)37-49(55(61(69,70)71)53(45)59(63,64)65)89-50-38-48(42-12-10-14-44(36-42)76-25-21-40(22-26-76)58(83)84)46(54(60(66,67)68)56(50)62(72,73)74)16-18-52(80)78(29-33-87-7-3)30-34-88-8-4/h9-18,35-40H,5-8,19-34H2,1-4H3,(H,81,82)(H,83,84). The molecule has 0 aromatic heterocycles. The van der Waals surface area contributed by atoms with Crippen molar-refractivity contribution in [3.8, 4) is 22.3 Å². The Hall–Kier alpha value is -6.81. The molecule has 6 rings (SSSR count). The molecule has 488 valence electrons. The van der Waals surface area contributed by atoms with Gasteiger partial charge in [0.1, 0.15) is 0 Å². The summed E-state index contributed by atoms with van der Waals surface area (Å²) < 4.78 is 215. The minimum absolute atomic E-state index is 0.0731. The third-order valence-electron chi connectivity index (χ3n) is 15.0. The van der Waals surface area contributed by atoms with Crippen LogP contribution in [-0.2, 0) is 62.8 Å². The Kier molecular flexibility index (Phi) is 25.4. The Balaban J connectivity index is 1.72. The maximum absolute atomic E-state index is 16.1. The van der Waals surface area contributed by atoms with Gasteiger partial charge in [-0.05, 0) is 135 Å². The highest BCUT2D eigenvalue weighted by molar-refractivity contribution is 7.99. The zero-order valence-corrected chi connectivity index (χ0v) is 50.1. The molecule has 0 spiro atoms. The molecular weight excluding hydrogens is 1220 g/mol. The number of nitrogens with zero attached hydrogens (tertiary/aromatic N) is 4. The van der Waals surface area contributed by atoms with Gasteiger partial charge in [0.15, 0.2) is 0 Å². The molecule has 2 N–H and O–H groups in total. The van der Waals surface area contributed by atoms with Crippen molar-refractivity contribution < 1.29 is 101 Å². The van der Waals surface area contributed by atoms with Crippen LogP contribution in [0.2, 0.25) is 0 Å². The Bertz CT molecular complexity index is 2910. The summed E-state index contributed by atoms with van der Waals surface area (Å²) in [5.74, 6) is -5.70. The second-order valence-corrected chi connectivity index (χ2v) is 21.8. The maximum atomic E-state index is 16.1. The van der Waals surface area contributed by atoms with Crippen molar-refractivity contribution in [2.24, 2.45) is 11.8 Å². The van der Waals surface area contributed by atoms with E-state index in [1.165, 1.54) is 48.5 Å². The number of carboxylic acids is 2. The van der Waals surface area contributed by atoms with E-state index >= 15 is 52.7 Å². The van der Waals surface area contributed by atoms with Crippen LogP contribution in [0.3, 0.4) is 0 Å². The molecule has 27 heteroatoms. The lowest BCUT2D eigenvalue weighted by Gasteiger charge is -2.32. The first kappa shape index (κ1) is 71.3. The van der Waals surface area contributed by atoms with E-state index in [1.54, 1.807) is 37.5 Å². The van der Waals surface area contributed by atoms with E-state index in [9.17, 15) is 29.4 Å². The van der Waals surface area contributed by atoms with Crippen molar-refractivity contribution in [3.63, 3.8) is 0 Å². The molecule has 0 aliphatic carbocycles. The quantitative estimate of drug-likeness (QED) is 0.0315. The van der Waals surface area contributed by atoms with Gasteiger partial charge in [-0.3, -0.25) is 19.2 Å². The van der Waals surface area contributed by atoms with E-state index in [-0.39, 0.29) is 153 Å². The fourth-order valence-electron chi connectivity index (χ4n) is 10.6. The number of halogens is 12. The Labute approximate surface area is 511 Å². The lowest BCUT2D eigenvalue weighted by molar-refractivity contribution is -0.164. The average Bonchev–Trinajstić information content (AvgIpc) is 0.746. The van der Waals surface area contributed by atoms with E-state index in [4.69, 9.17) is 18.9 Å². The molecule has 2 heterocycles. The normalized spacial score (nSPS) is 15.0. The smallest absolute Gasteiger partial charge is 0.418 e. The van der Waals surface area contributed by atoms with Crippen molar-refractivity contribution in [1.29, 1.82) is 0 Å². The van der Waals surface area contributed by atoms with Gasteiger partial charge >= 0.3 is 36.6 Å². The zero-order chi connectivity index (χ0) is 65.4. The summed E-state index contributed by atoms with van der Waals surface area (Å²) in [6.07, 6.45) is -21.9. The number of anilines is 2. The SMILES string of the molecule is CCOCCN(CCOCC)C(=O)C=Cc1c(-c2cccc(N3CCC(C(=O)O)CC3)c2)cc(Sc2cc(-c3cccc(N4CCC(C(=O)O)CC4)c3)c(C=CC(=O)N(CCOCC)CCOCC)c(C(F)(F)F)c2C(F)(F)F)c(C(F)(F)F)c1C(F)(F)F. The van der Waals surface area contributed by atoms with Crippen LogP contribution in [0.4, 0.5) is 64.1 Å². The highest BCUT2D eigenvalue weighted by atomic mass is 32.2. The summed E-state index contributed by atoms with van der Waals surface area (Å²) in [5.41, 5.74) is -14.4. The number of rotatable bonds is 28. The molecule has 2 amide bonds. The number of hydrogen-bond donors (Lipinski definition) is 2. The molecule has 2 saturated heterocycles. The third kappa shape index (κ3) is 19.1. The number of alkyl halides is 12. The van der Waals surface area contributed by atoms with Gasteiger partial charge in [-0.2, -0.15) is 52.7 Å². The van der Waals surface area contributed by atoms with Crippen LogP contribution in [0.15, 0.2) is 82.6 Å². The van der Waals surface area contributed by atoms with Crippen molar-refractivity contribution in [3.05, 3.63) is 106 Å². The monoisotopic (exact) mass is 1290 g/mol.